The molecule has 0 unspecified atom stereocenters. The van der Waals surface area contributed by atoms with Crippen molar-refractivity contribution in [1.82, 2.24) is 0 Å². The highest BCUT2D eigenvalue weighted by atomic mass is 17.3. The van der Waals surface area contributed by atoms with E-state index in [4.69, 9.17) is 19.2 Å². The Labute approximate surface area is 203 Å². The van der Waals surface area contributed by atoms with Crippen LogP contribution in [0, 0.1) is 23.7 Å². The molecule has 5 heteroatoms. The van der Waals surface area contributed by atoms with Crippen LogP contribution in [0.3, 0.4) is 0 Å². The highest BCUT2D eigenvalue weighted by molar-refractivity contribution is 5.30. The lowest BCUT2D eigenvalue weighted by atomic mass is 9.53. The average molecular weight is 469 g/mol. The second-order valence-corrected chi connectivity index (χ2v) is 12.6. The summed E-state index contributed by atoms with van der Waals surface area (Å²) in [5, 5.41) is 10.7. The molecule has 7 fully saturated rings. The van der Waals surface area contributed by atoms with E-state index < -0.39 is 17.2 Å². The number of hydrogen-bond donors (Lipinski definition) is 1. The molecule has 1 aliphatic heterocycles. The van der Waals surface area contributed by atoms with E-state index in [0.717, 1.165) is 69.0 Å². The summed E-state index contributed by atoms with van der Waals surface area (Å²) in [4.78, 5) is 12.4. The third kappa shape index (κ3) is 3.73. The first-order valence-corrected chi connectivity index (χ1v) is 14.1. The minimum absolute atomic E-state index is 0.393. The van der Waals surface area contributed by atoms with E-state index in [9.17, 15) is 5.11 Å². The summed E-state index contributed by atoms with van der Waals surface area (Å²) in [5.41, 5.74) is 0.665. The normalized spacial score (nSPS) is 44.7. The molecule has 2 spiro atoms. The van der Waals surface area contributed by atoms with Gasteiger partial charge in [0, 0.05) is 24.7 Å². The first-order chi connectivity index (χ1) is 16.5. The highest BCUT2D eigenvalue weighted by Gasteiger charge is 2.67. The zero-order valence-corrected chi connectivity index (χ0v) is 20.4. The Morgan fingerprint density at radius 2 is 1.53 bits per heavy atom. The van der Waals surface area contributed by atoms with Gasteiger partial charge in [0.25, 0.3) is 0 Å². The lowest BCUT2D eigenvalue weighted by Gasteiger charge is -2.57. The zero-order chi connectivity index (χ0) is 22.8. The molecule has 0 amide bonds. The number of hydrogen-bond acceptors (Lipinski definition) is 5. The summed E-state index contributed by atoms with van der Waals surface area (Å²) in [7, 11) is 0. The van der Waals surface area contributed by atoms with Crippen molar-refractivity contribution in [2.75, 3.05) is 6.61 Å². The van der Waals surface area contributed by atoms with Gasteiger partial charge < -0.3 is 14.6 Å². The minimum atomic E-state index is -0.655. The standard InChI is InChI=1S/C29H40O5/c30-27(10-2-1-3-11-27)19-31-26-8-6-22(7-9-26)23-5-4-12-28(18-23)32-29(34-33-28)24-14-20-13-21(16-24)17-25(29)15-20/h6-9,20-21,23-25,30H,1-5,10-19H2/t20?,21?,23-,24?,25?,28-,29?/m1/s1. The van der Waals surface area contributed by atoms with Crippen molar-refractivity contribution in [3.8, 4) is 5.75 Å². The smallest absolute Gasteiger partial charge is 0.210 e. The quantitative estimate of drug-likeness (QED) is 0.530. The second kappa shape index (κ2) is 8.19. The van der Waals surface area contributed by atoms with Crippen LogP contribution in [0.25, 0.3) is 0 Å². The molecule has 0 aromatic heterocycles. The average Bonchev–Trinajstić information content (AvgIpc) is 3.21. The fourth-order valence-electron chi connectivity index (χ4n) is 8.67. The van der Waals surface area contributed by atoms with Gasteiger partial charge in [-0.1, -0.05) is 31.4 Å². The highest BCUT2D eigenvalue weighted by Crippen LogP contribution is 2.64. The van der Waals surface area contributed by atoms with Crippen LogP contribution in [0.5, 0.6) is 5.75 Å². The van der Waals surface area contributed by atoms with Crippen LogP contribution in [0.1, 0.15) is 101 Å². The van der Waals surface area contributed by atoms with Gasteiger partial charge in [-0.3, -0.25) is 0 Å². The van der Waals surface area contributed by atoms with E-state index in [1.54, 1.807) is 0 Å². The fourth-order valence-corrected chi connectivity index (χ4v) is 8.67. The number of rotatable bonds is 4. The monoisotopic (exact) mass is 468 g/mol. The van der Waals surface area contributed by atoms with Crippen molar-refractivity contribution in [2.45, 2.75) is 113 Å². The Hall–Kier alpha value is -1.14. The Balaban J connectivity index is 1.01. The van der Waals surface area contributed by atoms with Gasteiger partial charge in [0.1, 0.15) is 12.4 Å². The molecule has 6 saturated carbocycles. The summed E-state index contributed by atoms with van der Waals surface area (Å²) < 4.78 is 12.9. The third-order valence-electron chi connectivity index (χ3n) is 10.3. The van der Waals surface area contributed by atoms with Gasteiger partial charge in [-0.25, -0.2) is 0 Å². The van der Waals surface area contributed by atoms with Crippen LogP contribution in [-0.2, 0) is 14.5 Å². The van der Waals surface area contributed by atoms with Crippen LogP contribution < -0.4 is 4.74 Å². The molecule has 1 N–H and O–H groups in total. The van der Waals surface area contributed by atoms with E-state index >= 15 is 0 Å². The molecule has 2 atom stereocenters. The van der Waals surface area contributed by atoms with Crippen molar-refractivity contribution in [3.63, 3.8) is 0 Å². The van der Waals surface area contributed by atoms with Crippen molar-refractivity contribution >= 4 is 0 Å². The minimum Gasteiger partial charge on any atom is -0.491 e. The molecule has 1 aromatic carbocycles. The molecule has 6 aliphatic carbocycles. The fraction of sp³-hybridized carbons (Fsp3) is 0.793. The van der Waals surface area contributed by atoms with Gasteiger partial charge in [-0.05, 0) is 93.2 Å². The summed E-state index contributed by atoms with van der Waals surface area (Å²) >= 11 is 0. The largest absolute Gasteiger partial charge is 0.491 e. The summed E-state index contributed by atoms with van der Waals surface area (Å²) in [6.07, 6.45) is 15.6. The Bertz CT molecular complexity index is 862. The number of ether oxygens (including phenoxy) is 2. The van der Waals surface area contributed by atoms with Crippen molar-refractivity contribution in [3.05, 3.63) is 29.8 Å². The van der Waals surface area contributed by atoms with Crippen molar-refractivity contribution < 1.29 is 24.4 Å². The van der Waals surface area contributed by atoms with Gasteiger partial charge in [0.2, 0.25) is 11.6 Å². The number of aliphatic hydroxyl groups is 1. The Morgan fingerprint density at radius 3 is 2.24 bits per heavy atom. The van der Waals surface area contributed by atoms with Crippen LogP contribution in [0.4, 0.5) is 0 Å². The lowest BCUT2D eigenvalue weighted by molar-refractivity contribution is -0.390. The van der Waals surface area contributed by atoms with Gasteiger partial charge in [-0.15, -0.1) is 0 Å². The first kappa shape index (κ1) is 22.1. The molecular formula is C29H40O5. The molecule has 4 bridgehead atoms. The summed E-state index contributed by atoms with van der Waals surface area (Å²) in [5.74, 6) is 2.98. The van der Waals surface area contributed by atoms with Crippen LogP contribution >= 0.6 is 0 Å². The van der Waals surface area contributed by atoms with Crippen molar-refractivity contribution in [1.29, 1.82) is 0 Å². The molecular weight excluding hydrogens is 428 g/mol. The maximum absolute atomic E-state index is 10.7. The Kier molecular flexibility index (Phi) is 5.32. The maximum Gasteiger partial charge on any atom is 0.210 e. The maximum atomic E-state index is 10.7. The molecule has 1 aromatic rings. The second-order valence-electron chi connectivity index (χ2n) is 12.6. The lowest BCUT2D eigenvalue weighted by Crippen LogP contribution is -2.59. The molecule has 0 radical (unpaired) electrons. The van der Waals surface area contributed by atoms with E-state index in [-0.39, 0.29) is 0 Å². The SMILES string of the molecule is OC1(COc2ccc([C@@H]3CCC[C@]4(C3)OOC3(O4)C4CC5CC(C4)CC3C5)cc2)CCCCC1. The summed E-state index contributed by atoms with van der Waals surface area (Å²) in [6, 6.07) is 8.51. The Morgan fingerprint density at radius 1 is 0.824 bits per heavy atom. The van der Waals surface area contributed by atoms with Crippen LogP contribution in [0.15, 0.2) is 24.3 Å². The van der Waals surface area contributed by atoms with Gasteiger partial charge in [0.15, 0.2) is 0 Å². The van der Waals surface area contributed by atoms with Gasteiger partial charge in [-0.2, -0.15) is 9.78 Å². The van der Waals surface area contributed by atoms with Gasteiger partial charge >= 0.3 is 0 Å². The van der Waals surface area contributed by atoms with Crippen LogP contribution in [-0.4, -0.2) is 28.9 Å². The summed E-state index contributed by atoms with van der Waals surface area (Å²) in [6.45, 7) is 0.393. The van der Waals surface area contributed by atoms with Gasteiger partial charge in [0.05, 0.1) is 5.60 Å². The topological polar surface area (TPSA) is 57.2 Å². The predicted molar refractivity (Wildman–Crippen MR) is 127 cm³/mol. The molecule has 1 heterocycles. The first-order valence-electron chi connectivity index (χ1n) is 14.1. The third-order valence-corrected chi connectivity index (χ3v) is 10.3. The molecule has 186 valence electrons. The molecule has 1 saturated heterocycles. The zero-order valence-electron chi connectivity index (χ0n) is 20.4. The van der Waals surface area contributed by atoms with E-state index in [0.29, 0.717) is 24.4 Å². The van der Waals surface area contributed by atoms with Crippen LogP contribution in [0.2, 0.25) is 0 Å². The van der Waals surface area contributed by atoms with Crippen molar-refractivity contribution in [2.24, 2.45) is 23.7 Å². The number of benzene rings is 1. The van der Waals surface area contributed by atoms with E-state index in [1.165, 1.54) is 44.1 Å². The molecule has 5 nitrogen and oxygen atoms in total. The van der Waals surface area contributed by atoms with E-state index in [2.05, 4.69) is 24.3 Å². The predicted octanol–water partition coefficient (Wildman–Crippen LogP) is 6.25. The molecule has 7 aliphatic rings. The molecule has 8 rings (SSSR count). The molecule has 34 heavy (non-hydrogen) atoms. The van der Waals surface area contributed by atoms with E-state index in [1.807, 2.05) is 0 Å².